The van der Waals surface area contributed by atoms with Crippen molar-refractivity contribution in [1.82, 2.24) is 15.0 Å². The smallest absolute Gasteiger partial charge is 0.269 e. The molecule has 2 atom stereocenters. The van der Waals surface area contributed by atoms with Crippen LogP contribution in [0.1, 0.15) is 36.2 Å². The van der Waals surface area contributed by atoms with Gasteiger partial charge in [-0.2, -0.15) is 4.98 Å². The van der Waals surface area contributed by atoms with Crippen molar-refractivity contribution in [2.75, 3.05) is 10.6 Å². The molecule has 1 fully saturated rings. The first-order valence-corrected chi connectivity index (χ1v) is 8.59. The van der Waals surface area contributed by atoms with E-state index in [9.17, 15) is 9.18 Å². The number of primary amides is 1. The number of hydrogen-bond acceptors (Lipinski definition) is 7. The Hall–Kier alpha value is -2.52. The molecule has 0 unspecified atom stereocenters. The van der Waals surface area contributed by atoms with E-state index in [0.717, 1.165) is 31.9 Å². The molecule has 0 bridgehead atoms. The summed E-state index contributed by atoms with van der Waals surface area (Å²) in [7, 11) is 0. The third-order valence-electron chi connectivity index (χ3n) is 4.26. The van der Waals surface area contributed by atoms with E-state index in [0.29, 0.717) is 5.69 Å². The number of amides is 1. The van der Waals surface area contributed by atoms with Gasteiger partial charge in [0.1, 0.15) is 0 Å². The Morgan fingerprint density at radius 1 is 1.27 bits per heavy atom. The van der Waals surface area contributed by atoms with Crippen LogP contribution in [-0.4, -0.2) is 32.9 Å². The molecule has 1 saturated carbocycles. The molecule has 6 N–H and O–H groups in total. The fraction of sp³-hybridized carbons (Fsp3) is 0.375. The Bertz CT molecular complexity index is 819. The number of pyridine rings is 1. The molecular formula is C16H19ClFN7O. The molecule has 1 aliphatic rings. The van der Waals surface area contributed by atoms with E-state index in [-0.39, 0.29) is 34.6 Å². The number of aromatic nitrogens is 3. The Morgan fingerprint density at radius 3 is 2.77 bits per heavy atom. The molecule has 0 spiro atoms. The van der Waals surface area contributed by atoms with Crippen LogP contribution in [0.4, 0.5) is 21.6 Å². The fourth-order valence-electron chi connectivity index (χ4n) is 2.95. The summed E-state index contributed by atoms with van der Waals surface area (Å²) in [5.41, 5.74) is 12.3. The Labute approximate surface area is 154 Å². The van der Waals surface area contributed by atoms with Crippen molar-refractivity contribution in [3.05, 3.63) is 35.3 Å². The highest BCUT2D eigenvalue weighted by molar-refractivity contribution is 6.28. The zero-order chi connectivity index (χ0) is 18.7. The Balaban J connectivity index is 1.89. The van der Waals surface area contributed by atoms with Crippen molar-refractivity contribution in [1.29, 1.82) is 0 Å². The highest BCUT2D eigenvalue weighted by Gasteiger charge is 2.22. The molecule has 2 heterocycles. The summed E-state index contributed by atoms with van der Waals surface area (Å²) in [6, 6.07) is 1.75. The van der Waals surface area contributed by atoms with Crippen LogP contribution < -0.4 is 22.1 Å². The average molecular weight is 380 g/mol. The molecule has 0 aromatic carbocycles. The summed E-state index contributed by atoms with van der Waals surface area (Å²) in [5, 5.41) is 5.89. The molecule has 2 aromatic rings. The number of carbonyl (C=O) groups is 1. The molecule has 2 aromatic heterocycles. The van der Waals surface area contributed by atoms with Gasteiger partial charge in [0.2, 0.25) is 5.28 Å². The van der Waals surface area contributed by atoms with Crippen molar-refractivity contribution < 1.29 is 9.18 Å². The molecule has 0 saturated heterocycles. The second kappa shape index (κ2) is 7.79. The average Bonchev–Trinajstić information content (AvgIpc) is 2.60. The highest BCUT2D eigenvalue weighted by Crippen LogP contribution is 2.26. The van der Waals surface area contributed by atoms with Crippen LogP contribution in [0.15, 0.2) is 18.5 Å². The number of nitrogens with two attached hydrogens (primary N) is 2. The molecule has 0 aliphatic heterocycles. The fourth-order valence-corrected chi connectivity index (χ4v) is 3.08. The van der Waals surface area contributed by atoms with Crippen LogP contribution in [0, 0.1) is 5.82 Å². The standard InChI is InChI=1S/C16H19ClFN7O/c17-16-22-7-9(18)15(25-16)24-12-5-8(6-21-13(12)14(20)26)23-11-4-2-1-3-10(11)19/h5-7,10-11,23H,1-4,19H2,(H2,20,26)(H,22,24,25)/t10-,11+/m0/s1. The molecule has 0 radical (unpaired) electrons. The van der Waals surface area contributed by atoms with Gasteiger partial charge < -0.3 is 22.1 Å². The summed E-state index contributed by atoms with van der Waals surface area (Å²) < 4.78 is 13.9. The zero-order valence-electron chi connectivity index (χ0n) is 13.9. The zero-order valence-corrected chi connectivity index (χ0v) is 14.6. The van der Waals surface area contributed by atoms with Crippen molar-refractivity contribution in [3.63, 3.8) is 0 Å². The van der Waals surface area contributed by atoms with Gasteiger partial charge >= 0.3 is 0 Å². The minimum Gasteiger partial charge on any atom is -0.379 e. The first kappa shape index (κ1) is 18.3. The molecule has 8 nitrogen and oxygen atoms in total. The predicted octanol–water partition coefficient (Wildman–Crippen LogP) is 2.19. The quantitative estimate of drug-likeness (QED) is 0.585. The lowest BCUT2D eigenvalue weighted by Crippen LogP contribution is -2.42. The molecule has 1 amide bonds. The van der Waals surface area contributed by atoms with Crippen LogP contribution in [0.5, 0.6) is 0 Å². The molecule has 138 valence electrons. The van der Waals surface area contributed by atoms with Crippen molar-refractivity contribution in [2.45, 2.75) is 37.8 Å². The molecule has 10 heteroatoms. The second-order valence-electron chi connectivity index (χ2n) is 6.14. The lowest BCUT2D eigenvalue weighted by atomic mass is 9.91. The molecule has 26 heavy (non-hydrogen) atoms. The van der Waals surface area contributed by atoms with Crippen LogP contribution in [0.25, 0.3) is 0 Å². The third kappa shape index (κ3) is 4.17. The summed E-state index contributed by atoms with van der Waals surface area (Å²) >= 11 is 5.70. The summed E-state index contributed by atoms with van der Waals surface area (Å²) in [6.45, 7) is 0. The monoisotopic (exact) mass is 379 g/mol. The first-order valence-electron chi connectivity index (χ1n) is 8.21. The molecule has 3 rings (SSSR count). The van der Waals surface area contributed by atoms with Gasteiger partial charge in [-0.1, -0.05) is 12.8 Å². The maximum absolute atomic E-state index is 13.9. The van der Waals surface area contributed by atoms with Gasteiger partial charge in [-0.05, 0) is 30.5 Å². The lowest BCUT2D eigenvalue weighted by Gasteiger charge is -2.30. The van der Waals surface area contributed by atoms with E-state index < -0.39 is 11.7 Å². The number of carbonyl (C=O) groups excluding carboxylic acids is 1. The second-order valence-corrected chi connectivity index (χ2v) is 6.48. The van der Waals surface area contributed by atoms with Crippen molar-refractivity contribution in [2.24, 2.45) is 11.5 Å². The highest BCUT2D eigenvalue weighted by atomic mass is 35.5. The van der Waals surface area contributed by atoms with E-state index in [4.69, 9.17) is 23.1 Å². The van der Waals surface area contributed by atoms with E-state index in [2.05, 4.69) is 25.6 Å². The van der Waals surface area contributed by atoms with Gasteiger partial charge in [0, 0.05) is 12.1 Å². The third-order valence-corrected chi connectivity index (χ3v) is 4.44. The molecule has 1 aliphatic carbocycles. The van der Waals surface area contributed by atoms with Gasteiger partial charge in [-0.3, -0.25) is 4.79 Å². The summed E-state index contributed by atoms with van der Waals surface area (Å²) in [5.74, 6) is -1.66. The minimum absolute atomic E-state index is 0.0362. The lowest BCUT2D eigenvalue weighted by molar-refractivity contribution is 0.0996. The first-order chi connectivity index (χ1) is 12.4. The van der Waals surface area contributed by atoms with Gasteiger partial charge in [-0.15, -0.1) is 0 Å². The number of nitrogens with one attached hydrogen (secondary N) is 2. The van der Waals surface area contributed by atoms with Gasteiger partial charge in [0.25, 0.3) is 5.91 Å². The van der Waals surface area contributed by atoms with Crippen LogP contribution >= 0.6 is 11.6 Å². The Morgan fingerprint density at radius 2 is 2.04 bits per heavy atom. The summed E-state index contributed by atoms with van der Waals surface area (Å²) in [4.78, 5) is 23.0. The van der Waals surface area contributed by atoms with Crippen molar-refractivity contribution >= 4 is 34.7 Å². The maximum Gasteiger partial charge on any atom is 0.269 e. The van der Waals surface area contributed by atoms with Crippen LogP contribution in [-0.2, 0) is 0 Å². The molecular weight excluding hydrogens is 361 g/mol. The van der Waals surface area contributed by atoms with E-state index in [1.54, 1.807) is 6.07 Å². The SMILES string of the molecule is NC(=O)c1ncc(N[C@@H]2CCCC[C@@H]2N)cc1Nc1nc(Cl)ncc1F. The van der Waals surface area contributed by atoms with Crippen LogP contribution in [0.2, 0.25) is 5.28 Å². The summed E-state index contributed by atoms with van der Waals surface area (Å²) in [6.07, 6.45) is 6.51. The van der Waals surface area contributed by atoms with E-state index in [1.807, 2.05) is 0 Å². The minimum atomic E-state index is -0.756. The number of halogens is 2. The normalized spacial score (nSPS) is 19.8. The number of nitrogens with zero attached hydrogens (tertiary/aromatic N) is 3. The topological polar surface area (TPSA) is 132 Å². The van der Waals surface area contributed by atoms with Gasteiger partial charge in [0.15, 0.2) is 17.3 Å². The maximum atomic E-state index is 13.9. The van der Waals surface area contributed by atoms with Gasteiger partial charge in [-0.25, -0.2) is 14.4 Å². The number of anilines is 3. The largest absolute Gasteiger partial charge is 0.379 e. The number of rotatable bonds is 5. The number of hydrogen-bond donors (Lipinski definition) is 4. The predicted molar refractivity (Wildman–Crippen MR) is 96.9 cm³/mol. The van der Waals surface area contributed by atoms with E-state index >= 15 is 0 Å². The Kier molecular flexibility index (Phi) is 5.48. The van der Waals surface area contributed by atoms with Gasteiger partial charge in [0.05, 0.1) is 23.8 Å². The van der Waals surface area contributed by atoms with Crippen LogP contribution in [0.3, 0.4) is 0 Å². The van der Waals surface area contributed by atoms with Crippen molar-refractivity contribution in [3.8, 4) is 0 Å². The van der Waals surface area contributed by atoms with E-state index in [1.165, 1.54) is 6.20 Å².